The average Bonchev–Trinajstić information content (AvgIpc) is 2.77. The monoisotopic (exact) mass is 404 g/mol. The molecule has 5 nitrogen and oxygen atoms in total. The van der Waals surface area contributed by atoms with Crippen LogP contribution in [0.1, 0.15) is 28.4 Å². The van der Waals surface area contributed by atoms with E-state index in [1.165, 1.54) is 19.3 Å². The van der Waals surface area contributed by atoms with Crippen molar-refractivity contribution in [3.05, 3.63) is 89.5 Å². The number of phenolic OH excluding ortho intramolecular Hbond substituents is 1. The molecule has 0 aliphatic rings. The summed E-state index contributed by atoms with van der Waals surface area (Å²) in [5.74, 6) is 1.41. The molecule has 0 saturated heterocycles. The summed E-state index contributed by atoms with van der Waals surface area (Å²) in [6, 6.07) is 19.8. The standard InChI is InChI=1S/C25H24O5/c1-3-29-21-12-13-22(25(16-21)28-2)23(26)14-10-19-9-11-20(15-24(19)27)30-17-18-7-5-4-6-8-18/h4-16,27H,3,17H2,1-2H3. The zero-order valence-electron chi connectivity index (χ0n) is 17.0. The van der Waals surface area contributed by atoms with Crippen LogP contribution in [0, 0.1) is 0 Å². The van der Waals surface area contributed by atoms with Crippen LogP contribution in [-0.2, 0) is 6.61 Å². The number of hydrogen-bond donors (Lipinski definition) is 1. The number of hydrogen-bond acceptors (Lipinski definition) is 5. The van der Waals surface area contributed by atoms with Crippen LogP contribution >= 0.6 is 0 Å². The topological polar surface area (TPSA) is 65.0 Å². The Kier molecular flexibility index (Phi) is 7.11. The Bertz CT molecular complexity index is 1020. The van der Waals surface area contributed by atoms with Crippen molar-refractivity contribution in [1.29, 1.82) is 0 Å². The minimum atomic E-state index is -0.237. The van der Waals surface area contributed by atoms with Gasteiger partial charge in [0.1, 0.15) is 29.6 Å². The number of methoxy groups -OCH3 is 1. The molecule has 0 amide bonds. The number of aromatic hydroxyl groups is 1. The Morgan fingerprint density at radius 2 is 1.70 bits per heavy atom. The summed E-state index contributed by atoms with van der Waals surface area (Å²) in [5.41, 5.74) is 1.97. The fourth-order valence-corrected chi connectivity index (χ4v) is 2.88. The number of carbonyl (C=O) groups is 1. The molecule has 0 aliphatic carbocycles. The lowest BCUT2D eigenvalue weighted by Gasteiger charge is -2.09. The van der Waals surface area contributed by atoms with Gasteiger partial charge in [-0.05, 0) is 48.9 Å². The van der Waals surface area contributed by atoms with E-state index in [2.05, 4.69) is 0 Å². The lowest BCUT2D eigenvalue weighted by atomic mass is 10.1. The number of allylic oxidation sites excluding steroid dienone is 1. The van der Waals surface area contributed by atoms with Gasteiger partial charge in [-0.25, -0.2) is 0 Å². The van der Waals surface area contributed by atoms with E-state index in [0.717, 1.165) is 5.56 Å². The largest absolute Gasteiger partial charge is 0.507 e. The van der Waals surface area contributed by atoms with Gasteiger partial charge in [0.15, 0.2) is 5.78 Å². The van der Waals surface area contributed by atoms with Crippen LogP contribution in [0.4, 0.5) is 0 Å². The van der Waals surface area contributed by atoms with E-state index in [1.54, 1.807) is 36.4 Å². The second-order valence-corrected chi connectivity index (χ2v) is 6.49. The molecule has 3 aromatic rings. The minimum absolute atomic E-state index is 0.0308. The Morgan fingerprint density at radius 1 is 0.967 bits per heavy atom. The Labute approximate surface area is 176 Å². The highest BCUT2D eigenvalue weighted by Gasteiger charge is 2.11. The quantitative estimate of drug-likeness (QED) is 0.389. The molecule has 0 fully saturated rings. The third-order valence-corrected chi connectivity index (χ3v) is 4.41. The van der Waals surface area contributed by atoms with Crippen molar-refractivity contribution in [3.8, 4) is 23.0 Å². The molecule has 0 saturated carbocycles. The van der Waals surface area contributed by atoms with E-state index < -0.39 is 0 Å². The van der Waals surface area contributed by atoms with Gasteiger partial charge in [0, 0.05) is 17.7 Å². The van der Waals surface area contributed by atoms with Crippen molar-refractivity contribution in [2.45, 2.75) is 13.5 Å². The highest BCUT2D eigenvalue weighted by Crippen LogP contribution is 2.28. The van der Waals surface area contributed by atoms with Crippen molar-refractivity contribution in [2.75, 3.05) is 13.7 Å². The number of carbonyl (C=O) groups excluding carboxylic acids is 1. The molecule has 0 atom stereocenters. The molecule has 3 aromatic carbocycles. The van der Waals surface area contributed by atoms with Crippen LogP contribution in [0.3, 0.4) is 0 Å². The summed E-state index contributed by atoms with van der Waals surface area (Å²) in [7, 11) is 1.51. The zero-order valence-corrected chi connectivity index (χ0v) is 17.0. The Morgan fingerprint density at radius 3 is 2.40 bits per heavy atom. The van der Waals surface area contributed by atoms with Crippen molar-refractivity contribution >= 4 is 11.9 Å². The van der Waals surface area contributed by atoms with Gasteiger partial charge in [0.25, 0.3) is 0 Å². The van der Waals surface area contributed by atoms with Gasteiger partial charge < -0.3 is 19.3 Å². The Hall–Kier alpha value is -3.73. The van der Waals surface area contributed by atoms with Crippen LogP contribution in [0.5, 0.6) is 23.0 Å². The molecule has 30 heavy (non-hydrogen) atoms. The predicted molar refractivity (Wildman–Crippen MR) is 116 cm³/mol. The molecule has 0 aromatic heterocycles. The third kappa shape index (κ3) is 5.41. The van der Waals surface area contributed by atoms with E-state index in [-0.39, 0.29) is 11.5 Å². The van der Waals surface area contributed by atoms with Gasteiger partial charge >= 0.3 is 0 Å². The predicted octanol–water partition coefficient (Wildman–Crippen LogP) is 5.27. The highest BCUT2D eigenvalue weighted by atomic mass is 16.5. The molecule has 0 heterocycles. The van der Waals surface area contributed by atoms with Gasteiger partial charge in [0.2, 0.25) is 0 Å². The first-order valence-corrected chi connectivity index (χ1v) is 9.63. The van der Waals surface area contributed by atoms with Gasteiger partial charge in [-0.2, -0.15) is 0 Å². The molecular formula is C25H24O5. The molecule has 5 heteroatoms. The molecule has 0 aliphatic heterocycles. The summed E-state index contributed by atoms with van der Waals surface area (Å²) in [6.45, 7) is 2.82. The maximum atomic E-state index is 12.6. The molecule has 0 spiro atoms. The zero-order chi connectivity index (χ0) is 21.3. The molecule has 1 N–H and O–H groups in total. The summed E-state index contributed by atoms with van der Waals surface area (Å²) >= 11 is 0. The van der Waals surface area contributed by atoms with E-state index in [1.807, 2.05) is 37.3 Å². The Balaban J connectivity index is 1.69. The second kappa shape index (κ2) is 10.2. The number of rotatable bonds is 9. The summed E-state index contributed by atoms with van der Waals surface area (Å²) in [4.78, 5) is 12.6. The highest BCUT2D eigenvalue weighted by molar-refractivity contribution is 6.08. The SMILES string of the molecule is CCOc1ccc(C(=O)C=Cc2ccc(OCc3ccccc3)cc2O)c(OC)c1. The lowest BCUT2D eigenvalue weighted by molar-refractivity contribution is 0.104. The van der Waals surface area contributed by atoms with Gasteiger partial charge in [-0.3, -0.25) is 4.79 Å². The van der Waals surface area contributed by atoms with Crippen LogP contribution in [0.25, 0.3) is 6.08 Å². The maximum absolute atomic E-state index is 12.6. The third-order valence-electron chi connectivity index (χ3n) is 4.41. The lowest BCUT2D eigenvalue weighted by Crippen LogP contribution is -2.00. The summed E-state index contributed by atoms with van der Waals surface area (Å²) in [5, 5.41) is 10.3. The number of benzene rings is 3. The number of ether oxygens (including phenoxy) is 3. The summed E-state index contributed by atoms with van der Waals surface area (Å²) in [6.07, 6.45) is 2.96. The first-order chi connectivity index (χ1) is 14.6. The summed E-state index contributed by atoms with van der Waals surface area (Å²) < 4.78 is 16.4. The molecule has 3 rings (SSSR count). The van der Waals surface area contributed by atoms with Gasteiger partial charge in [0.05, 0.1) is 19.3 Å². The van der Waals surface area contributed by atoms with Crippen LogP contribution < -0.4 is 14.2 Å². The average molecular weight is 404 g/mol. The van der Waals surface area contributed by atoms with Crippen LogP contribution in [0.15, 0.2) is 72.8 Å². The minimum Gasteiger partial charge on any atom is -0.507 e. The van der Waals surface area contributed by atoms with Gasteiger partial charge in [-0.15, -0.1) is 0 Å². The van der Waals surface area contributed by atoms with Crippen molar-refractivity contribution in [3.63, 3.8) is 0 Å². The van der Waals surface area contributed by atoms with Crippen molar-refractivity contribution in [1.82, 2.24) is 0 Å². The van der Waals surface area contributed by atoms with Crippen LogP contribution in [-0.4, -0.2) is 24.6 Å². The molecule has 0 radical (unpaired) electrons. The van der Waals surface area contributed by atoms with E-state index in [9.17, 15) is 9.90 Å². The fraction of sp³-hybridized carbons (Fsp3) is 0.160. The fourth-order valence-electron chi connectivity index (χ4n) is 2.88. The molecule has 154 valence electrons. The first kappa shape index (κ1) is 21.0. The van der Waals surface area contributed by atoms with Crippen molar-refractivity contribution in [2.24, 2.45) is 0 Å². The smallest absolute Gasteiger partial charge is 0.189 e. The normalized spacial score (nSPS) is 10.7. The number of ketones is 1. The number of phenols is 1. The maximum Gasteiger partial charge on any atom is 0.189 e. The van der Waals surface area contributed by atoms with E-state index >= 15 is 0 Å². The van der Waals surface area contributed by atoms with Crippen LogP contribution in [0.2, 0.25) is 0 Å². The van der Waals surface area contributed by atoms with E-state index in [4.69, 9.17) is 14.2 Å². The van der Waals surface area contributed by atoms with Gasteiger partial charge in [-0.1, -0.05) is 30.3 Å². The first-order valence-electron chi connectivity index (χ1n) is 9.63. The second-order valence-electron chi connectivity index (χ2n) is 6.49. The molecular weight excluding hydrogens is 380 g/mol. The van der Waals surface area contributed by atoms with Crippen molar-refractivity contribution < 1.29 is 24.1 Å². The molecule has 0 bridgehead atoms. The molecule has 0 unspecified atom stereocenters. The van der Waals surface area contributed by atoms with E-state index in [0.29, 0.717) is 41.6 Å².